The average molecular weight is 317 g/mol. The molecule has 3 N–H and O–H groups in total. The monoisotopic (exact) mass is 316 g/mol. The highest BCUT2D eigenvalue weighted by Crippen LogP contribution is 2.26. The summed E-state index contributed by atoms with van der Waals surface area (Å²) in [6.45, 7) is 0. The fraction of sp³-hybridized carbons (Fsp3) is 0.143. The van der Waals surface area contributed by atoms with Crippen LogP contribution in [0.4, 0.5) is 8.78 Å². The lowest BCUT2D eigenvalue weighted by atomic mass is 9.99. The van der Waals surface area contributed by atoms with Crippen molar-refractivity contribution in [2.75, 3.05) is 0 Å². The Morgan fingerprint density at radius 1 is 1.05 bits per heavy atom. The zero-order chi connectivity index (χ0) is 14.7. The number of benzene rings is 2. The minimum Gasteiger partial charge on any atom is -0.271 e. The number of nitrogens with one attached hydrogen (secondary N) is 1. The Morgan fingerprint density at radius 2 is 1.80 bits per heavy atom. The van der Waals surface area contributed by atoms with Gasteiger partial charge in [-0.1, -0.05) is 35.3 Å². The summed E-state index contributed by atoms with van der Waals surface area (Å²) >= 11 is 11.8. The highest BCUT2D eigenvalue weighted by molar-refractivity contribution is 6.42. The third kappa shape index (κ3) is 3.46. The van der Waals surface area contributed by atoms with Crippen LogP contribution in [0.3, 0.4) is 0 Å². The molecule has 1 unspecified atom stereocenters. The Hall–Kier alpha value is -1.20. The fourth-order valence-corrected chi connectivity index (χ4v) is 2.27. The lowest BCUT2D eigenvalue weighted by Gasteiger charge is -2.17. The molecule has 0 heterocycles. The topological polar surface area (TPSA) is 38.0 Å². The second-order valence-electron chi connectivity index (χ2n) is 4.34. The van der Waals surface area contributed by atoms with E-state index in [1.165, 1.54) is 12.1 Å². The standard InChI is InChI=1S/C14H12Cl2F2N2/c15-11-4-1-8(5-12(11)16)6-14(20-19)10-3-2-9(17)7-13(10)18/h1-5,7,14,20H,6,19H2. The lowest BCUT2D eigenvalue weighted by Crippen LogP contribution is -2.30. The van der Waals surface area contributed by atoms with Gasteiger partial charge in [-0.25, -0.2) is 8.78 Å². The van der Waals surface area contributed by atoms with E-state index >= 15 is 0 Å². The van der Waals surface area contributed by atoms with Crippen LogP contribution in [0, 0.1) is 11.6 Å². The predicted molar refractivity (Wildman–Crippen MR) is 76.6 cm³/mol. The maximum Gasteiger partial charge on any atom is 0.130 e. The van der Waals surface area contributed by atoms with Crippen LogP contribution in [0.5, 0.6) is 0 Å². The molecule has 0 saturated heterocycles. The van der Waals surface area contributed by atoms with Crippen LogP contribution in [-0.4, -0.2) is 0 Å². The molecule has 2 rings (SSSR count). The van der Waals surface area contributed by atoms with Crippen molar-refractivity contribution in [3.63, 3.8) is 0 Å². The third-order valence-corrected chi connectivity index (χ3v) is 3.70. The summed E-state index contributed by atoms with van der Waals surface area (Å²) in [7, 11) is 0. The average Bonchev–Trinajstić information content (AvgIpc) is 2.41. The fourth-order valence-electron chi connectivity index (χ4n) is 1.95. The van der Waals surface area contributed by atoms with Crippen LogP contribution in [0.15, 0.2) is 36.4 Å². The van der Waals surface area contributed by atoms with Gasteiger partial charge in [-0.3, -0.25) is 11.3 Å². The van der Waals surface area contributed by atoms with Crippen LogP contribution < -0.4 is 11.3 Å². The predicted octanol–water partition coefficient (Wildman–Crippen LogP) is 4.02. The van der Waals surface area contributed by atoms with E-state index in [-0.39, 0.29) is 0 Å². The molecule has 0 aliphatic carbocycles. The smallest absolute Gasteiger partial charge is 0.130 e. The number of hydrogen-bond donors (Lipinski definition) is 2. The van der Waals surface area contributed by atoms with Crippen molar-refractivity contribution in [2.24, 2.45) is 5.84 Å². The van der Waals surface area contributed by atoms with Gasteiger partial charge in [-0.05, 0) is 30.2 Å². The maximum absolute atomic E-state index is 13.8. The first-order valence-electron chi connectivity index (χ1n) is 5.86. The quantitative estimate of drug-likeness (QED) is 0.660. The molecule has 0 fully saturated rings. The van der Waals surface area contributed by atoms with Gasteiger partial charge in [0.1, 0.15) is 11.6 Å². The number of hydrazine groups is 1. The van der Waals surface area contributed by atoms with Crippen molar-refractivity contribution < 1.29 is 8.78 Å². The SMILES string of the molecule is NNC(Cc1ccc(Cl)c(Cl)c1)c1ccc(F)cc1F. The molecular formula is C14H12Cl2F2N2. The molecule has 0 aromatic heterocycles. The van der Waals surface area contributed by atoms with Crippen molar-refractivity contribution in [3.05, 3.63) is 69.2 Å². The Balaban J connectivity index is 2.26. The zero-order valence-electron chi connectivity index (χ0n) is 10.3. The second kappa shape index (κ2) is 6.50. The van der Waals surface area contributed by atoms with E-state index in [1.54, 1.807) is 18.2 Å². The summed E-state index contributed by atoms with van der Waals surface area (Å²) in [5.74, 6) is 4.18. The number of rotatable bonds is 4. The van der Waals surface area contributed by atoms with E-state index in [9.17, 15) is 8.78 Å². The summed E-state index contributed by atoms with van der Waals surface area (Å²) in [6, 6.07) is 8.02. The highest BCUT2D eigenvalue weighted by Gasteiger charge is 2.16. The lowest BCUT2D eigenvalue weighted by molar-refractivity contribution is 0.502. The zero-order valence-corrected chi connectivity index (χ0v) is 11.8. The van der Waals surface area contributed by atoms with Gasteiger partial charge in [0, 0.05) is 11.6 Å². The molecule has 2 aromatic rings. The molecule has 20 heavy (non-hydrogen) atoms. The largest absolute Gasteiger partial charge is 0.271 e. The van der Waals surface area contributed by atoms with Gasteiger partial charge in [-0.15, -0.1) is 0 Å². The molecule has 0 aliphatic heterocycles. The van der Waals surface area contributed by atoms with E-state index in [1.807, 2.05) is 0 Å². The first-order valence-corrected chi connectivity index (χ1v) is 6.62. The van der Waals surface area contributed by atoms with Gasteiger partial charge in [-0.2, -0.15) is 0 Å². The van der Waals surface area contributed by atoms with Crippen molar-refractivity contribution in [2.45, 2.75) is 12.5 Å². The van der Waals surface area contributed by atoms with Gasteiger partial charge in [0.15, 0.2) is 0 Å². The molecule has 6 heteroatoms. The van der Waals surface area contributed by atoms with Crippen molar-refractivity contribution in [3.8, 4) is 0 Å². The van der Waals surface area contributed by atoms with Gasteiger partial charge < -0.3 is 0 Å². The normalized spacial score (nSPS) is 12.4. The summed E-state index contributed by atoms with van der Waals surface area (Å²) in [5.41, 5.74) is 3.65. The van der Waals surface area contributed by atoms with Crippen LogP contribution >= 0.6 is 23.2 Å². The Bertz CT molecular complexity index is 620. The summed E-state index contributed by atoms with van der Waals surface area (Å²) < 4.78 is 26.7. The molecule has 2 nitrogen and oxygen atoms in total. The van der Waals surface area contributed by atoms with Gasteiger partial charge >= 0.3 is 0 Å². The molecule has 106 valence electrons. The molecule has 0 saturated carbocycles. The van der Waals surface area contributed by atoms with Gasteiger partial charge in [0.25, 0.3) is 0 Å². The second-order valence-corrected chi connectivity index (χ2v) is 5.15. The summed E-state index contributed by atoms with van der Waals surface area (Å²) in [5, 5.41) is 0.861. The summed E-state index contributed by atoms with van der Waals surface area (Å²) in [6.07, 6.45) is 0.399. The highest BCUT2D eigenvalue weighted by atomic mass is 35.5. The van der Waals surface area contributed by atoms with Crippen LogP contribution in [0.2, 0.25) is 10.0 Å². The van der Waals surface area contributed by atoms with Gasteiger partial charge in [0.2, 0.25) is 0 Å². The van der Waals surface area contributed by atoms with E-state index < -0.39 is 17.7 Å². The van der Waals surface area contributed by atoms with E-state index in [2.05, 4.69) is 5.43 Å². The van der Waals surface area contributed by atoms with E-state index in [0.717, 1.165) is 11.6 Å². The number of hydrogen-bond acceptors (Lipinski definition) is 2. The van der Waals surface area contributed by atoms with E-state index in [0.29, 0.717) is 22.0 Å². The number of nitrogens with two attached hydrogens (primary N) is 1. The molecule has 0 amide bonds. The van der Waals surface area contributed by atoms with Crippen molar-refractivity contribution in [1.29, 1.82) is 0 Å². The molecule has 0 radical (unpaired) electrons. The van der Waals surface area contributed by atoms with Gasteiger partial charge in [0.05, 0.1) is 16.1 Å². The number of halogens is 4. The van der Waals surface area contributed by atoms with Crippen LogP contribution in [-0.2, 0) is 6.42 Å². The van der Waals surface area contributed by atoms with Crippen LogP contribution in [0.1, 0.15) is 17.2 Å². The van der Waals surface area contributed by atoms with Crippen LogP contribution in [0.25, 0.3) is 0 Å². The molecule has 0 spiro atoms. The van der Waals surface area contributed by atoms with Crippen molar-refractivity contribution >= 4 is 23.2 Å². The molecule has 1 atom stereocenters. The Labute approximate surface area is 125 Å². The van der Waals surface area contributed by atoms with Crippen molar-refractivity contribution in [1.82, 2.24) is 5.43 Å². The molecule has 0 aliphatic rings. The van der Waals surface area contributed by atoms with E-state index in [4.69, 9.17) is 29.0 Å². The minimum atomic E-state index is -0.645. The minimum absolute atomic E-state index is 0.292. The summed E-state index contributed by atoms with van der Waals surface area (Å²) in [4.78, 5) is 0. The Morgan fingerprint density at radius 3 is 2.40 bits per heavy atom. The first kappa shape index (κ1) is 15.2. The molecule has 2 aromatic carbocycles. The first-order chi connectivity index (χ1) is 9.51. The molecular weight excluding hydrogens is 305 g/mol. The molecule has 0 bridgehead atoms. The third-order valence-electron chi connectivity index (χ3n) is 2.96. The Kier molecular flexibility index (Phi) is 4.94. The maximum atomic E-state index is 13.8.